The average Bonchev–Trinajstić information content (AvgIpc) is 2.78. The number of furan rings is 1. The molecule has 0 bridgehead atoms. The van der Waals surface area contributed by atoms with Crippen LogP contribution < -0.4 is 0 Å². The third-order valence-electron chi connectivity index (χ3n) is 3.17. The second kappa shape index (κ2) is 4.56. The molecule has 0 aliphatic heterocycles. The van der Waals surface area contributed by atoms with Crippen LogP contribution in [0, 0.1) is 6.92 Å². The summed E-state index contributed by atoms with van der Waals surface area (Å²) < 4.78 is 5.61. The van der Waals surface area contributed by atoms with Crippen LogP contribution in [0.3, 0.4) is 0 Å². The van der Waals surface area contributed by atoms with Crippen molar-refractivity contribution in [3.63, 3.8) is 0 Å². The Morgan fingerprint density at radius 2 is 1.89 bits per heavy atom. The third-order valence-corrected chi connectivity index (χ3v) is 3.57. The van der Waals surface area contributed by atoms with Gasteiger partial charge in [0.1, 0.15) is 5.58 Å². The van der Waals surface area contributed by atoms with Crippen LogP contribution >= 0.6 is 11.6 Å². The van der Waals surface area contributed by atoms with Crippen molar-refractivity contribution in [1.82, 2.24) is 0 Å². The van der Waals surface area contributed by atoms with E-state index >= 15 is 0 Å². The van der Waals surface area contributed by atoms with Gasteiger partial charge in [-0.3, -0.25) is 4.79 Å². The Balaban J connectivity index is 2.39. The van der Waals surface area contributed by atoms with Crippen LogP contribution in [0.5, 0.6) is 0 Å². The van der Waals surface area contributed by atoms with Gasteiger partial charge in [-0.15, -0.1) is 0 Å². The number of carbonyl (C=O) groups excluding carboxylic acids is 1. The highest BCUT2D eigenvalue weighted by molar-refractivity contribution is 6.32. The number of benzene rings is 2. The molecule has 3 rings (SSSR count). The molecule has 0 aliphatic carbocycles. The first-order valence-corrected chi connectivity index (χ1v) is 6.31. The van der Waals surface area contributed by atoms with Crippen molar-refractivity contribution in [1.29, 1.82) is 0 Å². The number of aldehydes is 1. The molecule has 3 aromatic rings. The number of hydrogen-bond acceptors (Lipinski definition) is 2. The summed E-state index contributed by atoms with van der Waals surface area (Å²) in [7, 11) is 0. The van der Waals surface area contributed by atoms with Crippen LogP contribution in [-0.4, -0.2) is 6.29 Å². The van der Waals surface area contributed by atoms with Crippen LogP contribution in [0.2, 0.25) is 5.02 Å². The van der Waals surface area contributed by atoms with Crippen LogP contribution in [0.4, 0.5) is 0 Å². The molecule has 2 aromatic carbocycles. The zero-order valence-corrected chi connectivity index (χ0v) is 11.1. The van der Waals surface area contributed by atoms with Gasteiger partial charge < -0.3 is 4.42 Å². The topological polar surface area (TPSA) is 30.2 Å². The molecule has 0 unspecified atom stereocenters. The summed E-state index contributed by atoms with van der Waals surface area (Å²) in [6.07, 6.45) is 0.742. The molecule has 19 heavy (non-hydrogen) atoms. The van der Waals surface area contributed by atoms with E-state index in [9.17, 15) is 4.79 Å². The summed E-state index contributed by atoms with van der Waals surface area (Å²) in [4.78, 5) is 11.2. The molecule has 0 amide bonds. The van der Waals surface area contributed by atoms with Crippen LogP contribution in [0.25, 0.3) is 22.1 Å². The summed E-state index contributed by atoms with van der Waals surface area (Å²) >= 11 is 6.17. The second-order valence-corrected chi connectivity index (χ2v) is 4.83. The zero-order valence-electron chi connectivity index (χ0n) is 10.3. The summed E-state index contributed by atoms with van der Waals surface area (Å²) in [6.45, 7) is 1.91. The number of fused-ring (bicyclic) bond motifs is 1. The maximum absolute atomic E-state index is 11.2. The van der Waals surface area contributed by atoms with Gasteiger partial charge in [0, 0.05) is 16.0 Å². The van der Waals surface area contributed by atoms with Crippen molar-refractivity contribution >= 4 is 28.9 Å². The molecular weight excluding hydrogens is 260 g/mol. The van der Waals surface area contributed by atoms with E-state index < -0.39 is 0 Å². The normalized spacial score (nSPS) is 10.8. The van der Waals surface area contributed by atoms with Crippen molar-refractivity contribution in [3.8, 4) is 11.1 Å². The minimum Gasteiger partial charge on any atom is -0.453 e. The van der Waals surface area contributed by atoms with Gasteiger partial charge in [-0.25, -0.2) is 0 Å². The lowest BCUT2D eigenvalue weighted by molar-refractivity contribution is 0.110. The van der Waals surface area contributed by atoms with E-state index in [-0.39, 0.29) is 0 Å². The maximum atomic E-state index is 11.2. The smallest absolute Gasteiger partial charge is 0.186 e. The fraction of sp³-hybridized carbons (Fsp3) is 0.0625. The van der Waals surface area contributed by atoms with Gasteiger partial charge in [0.25, 0.3) is 0 Å². The van der Waals surface area contributed by atoms with E-state index in [1.165, 1.54) is 0 Å². The first-order chi connectivity index (χ1) is 9.20. The zero-order chi connectivity index (χ0) is 13.4. The molecule has 3 heteroatoms. The van der Waals surface area contributed by atoms with Crippen molar-refractivity contribution < 1.29 is 9.21 Å². The van der Waals surface area contributed by atoms with E-state index in [0.717, 1.165) is 28.4 Å². The largest absolute Gasteiger partial charge is 0.453 e. The summed E-state index contributed by atoms with van der Waals surface area (Å²) in [5, 5.41) is 1.53. The highest BCUT2D eigenvalue weighted by Crippen LogP contribution is 2.36. The number of carbonyl (C=O) groups is 1. The quantitative estimate of drug-likeness (QED) is 0.622. The predicted molar refractivity (Wildman–Crippen MR) is 76.8 cm³/mol. The molecule has 0 fully saturated rings. The molecule has 0 N–H and O–H groups in total. The van der Waals surface area contributed by atoms with E-state index in [1.807, 2.05) is 49.4 Å². The summed E-state index contributed by atoms with van der Waals surface area (Å²) in [5.41, 5.74) is 3.36. The molecule has 2 nitrogen and oxygen atoms in total. The van der Waals surface area contributed by atoms with Gasteiger partial charge in [0.05, 0.1) is 0 Å². The molecule has 1 aromatic heterocycles. The molecular formula is C16H11ClO2. The van der Waals surface area contributed by atoms with Crippen LogP contribution in [0.1, 0.15) is 16.1 Å². The Labute approximate surface area is 115 Å². The summed E-state index contributed by atoms with van der Waals surface area (Å²) in [6, 6.07) is 13.4. The van der Waals surface area contributed by atoms with Crippen molar-refractivity contribution in [2.75, 3.05) is 0 Å². The molecule has 0 atom stereocenters. The van der Waals surface area contributed by atoms with Gasteiger partial charge >= 0.3 is 0 Å². The number of rotatable bonds is 2. The maximum Gasteiger partial charge on any atom is 0.186 e. The van der Waals surface area contributed by atoms with E-state index in [0.29, 0.717) is 16.4 Å². The highest BCUT2D eigenvalue weighted by atomic mass is 35.5. The lowest BCUT2D eigenvalue weighted by Gasteiger charge is -2.01. The average molecular weight is 271 g/mol. The first kappa shape index (κ1) is 12.0. The van der Waals surface area contributed by atoms with Gasteiger partial charge in [0.2, 0.25) is 0 Å². The Morgan fingerprint density at radius 1 is 1.16 bits per heavy atom. The Bertz CT molecular complexity index is 757. The molecule has 0 saturated carbocycles. The predicted octanol–water partition coefficient (Wildman–Crippen LogP) is 4.87. The second-order valence-electron chi connectivity index (χ2n) is 4.42. The SMILES string of the molecule is Cc1cc2oc(C=O)c(-c3ccccc3)c2cc1Cl. The number of hydrogen-bond donors (Lipinski definition) is 0. The Hall–Kier alpha value is -2.06. The fourth-order valence-electron chi connectivity index (χ4n) is 2.22. The van der Waals surface area contributed by atoms with Gasteiger partial charge in [-0.05, 0) is 30.2 Å². The molecule has 0 saturated heterocycles. The number of halogens is 1. The van der Waals surface area contributed by atoms with E-state index in [1.54, 1.807) is 0 Å². The first-order valence-electron chi connectivity index (χ1n) is 5.94. The fourth-order valence-corrected chi connectivity index (χ4v) is 2.39. The molecule has 0 radical (unpaired) electrons. The van der Waals surface area contributed by atoms with Gasteiger partial charge in [0.15, 0.2) is 12.0 Å². The van der Waals surface area contributed by atoms with Crippen LogP contribution in [0.15, 0.2) is 46.9 Å². The lowest BCUT2D eigenvalue weighted by Crippen LogP contribution is -1.82. The molecule has 0 spiro atoms. The minimum absolute atomic E-state index is 0.336. The molecule has 94 valence electrons. The van der Waals surface area contributed by atoms with E-state index in [2.05, 4.69) is 0 Å². The minimum atomic E-state index is 0.336. The van der Waals surface area contributed by atoms with Crippen LogP contribution in [-0.2, 0) is 0 Å². The van der Waals surface area contributed by atoms with E-state index in [4.69, 9.17) is 16.0 Å². The monoisotopic (exact) mass is 270 g/mol. The summed E-state index contributed by atoms with van der Waals surface area (Å²) in [5.74, 6) is 0.336. The Morgan fingerprint density at radius 3 is 2.58 bits per heavy atom. The van der Waals surface area contributed by atoms with Gasteiger partial charge in [-0.2, -0.15) is 0 Å². The van der Waals surface area contributed by atoms with Gasteiger partial charge in [-0.1, -0.05) is 41.9 Å². The molecule has 1 heterocycles. The highest BCUT2D eigenvalue weighted by Gasteiger charge is 2.16. The number of aryl methyl sites for hydroxylation is 1. The third kappa shape index (κ3) is 1.94. The standard InChI is InChI=1S/C16H11ClO2/c1-10-7-14-12(8-13(10)17)16(15(9-18)19-14)11-5-3-2-4-6-11/h2-9H,1H3. The van der Waals surface area contributed by atoms with Crippen molar-refractivity contribution in [2.24, 2.45) is 0 Å². The van der Waals surface area contributed by atoms with Crippen molar-refractivity contribution in [2.45, 2.75) is 6.92 Å². The van der Waals surface area contributed by atoms with Crippen molar-refractivity contribution in [3.05, 3.63) is 58.8 Å². The lowest BCUT2D eigenvalue weighted by atomic mass is 10.0. The molecule has 0 aliphatic rings. The Kier molecular flexibility index (Phi) is 2.88.